The smallest absolute Gasteiger partial charge is 0.268 e. The maximum Gasteiger partial charge on any atom is 0.268 e. The second-order valence-electron chi connectivity index (χ2n) is 7.67. The van der Waals surface area contributed by atoms with Crippen molar-refractivity contribution in [2.24, 2.45) is 0 Å². The molecule has 0 saturated carbocycles. The standard InChI is InChI=1S/C19H24N4O4/c1-18(2,3)15-21-14(27-22-15)9-11-20-16(24)19(26)10-12-23(17(19)25)13-7-5-4-6-8-13/h4-8,26H,9-12H2,1-3H3,(H,20,24)/t19-/m0/s1. The van der Waals surface area contributed by atoms with Crippen LogP contribution in [0.4, 0.5) is 5.69 Å². The van der Waals surface area contributed by atoms with E-state index in [1.807, 2.05) is 26.8 Å². The summed E-state index contributed by atoms with van der Waals surface area (Å²) in [5, 5.41) is 17.1. The molecule has 0 unspecified atom stereocenters. The van der Waals surface area contributed by atoms with Crippen LogP contribution in [0.5, 0.6) is 0 Å². The molecule has 1 fully saturated rings. The molecule has 1 atom stereocenters. The fraction of sp³-hybridized carbons (Fsp3) is 0.474. The predicted octanol–water partition coefficient (Wildman–Crippen LogP) is 1.19. The van der Waals surface area contributed by atoms with E-state index in [9.17, 15) is 14.7 Å². The number of amides is 2. The lowest BCUT2D eigenvalue weighted by atomic mass is 9.96. The van der Waals surface area contributed by atoms with Crippen molar-refractivity contribution in [3.63, 3.8) is 0 Å². The number of aliphatic hydroxyl groups is 1. The number of hydrogen-bond acceptors (Lipinski definition) is 6. The molecule has 2 N–H and O–H groups in total. The molecular formula is C19H24N4O4. The first-order valence-electron chi connectivity index (χ1n) is 8.92. The van der Waals surface area contributed by atoms with Crippen LogP contribution in [0.1, 0.15) is 38.9 Å². The first-order chi connectivity index (χ1) is 12.7. The summed E-state index contributed by atoms with van der Waals surface area (Å²) >= 11 is 0. The molecule has 1 aromatic heterocycles. The molecule has 2 amide bonds. The van der Waals surface area contributed by atoms with Gasteiger partial charge in [0.1, 0.15) is 0 Å². The van der Waals surface area contributed by atoms with E-state index in [-0.39, 0.29) is 24.9 Å². The van der Waals surface area contributed by atoms with E-state index in [0.717, 1.165) is 0 Å². The van der Waals surface area contributed by atoms with Gasteiger partial charge in [0.2, 0.25) is 11.5 Å². The normalized spacial score (nSPS) is 20.1. The van der Waals surface area contributed by atoms with E-state index in [4.69, 9.17) is 4.52 Å². The fourth-order valence-corrected chi connectivity index (χ4v) is 2.86. The zero-order valence-corrected chi connectivity index (χ0v) is 15.7. The van der Waals surface area contributed by atoms with Crippen molar-refractivity contribution in [2.45, 2.75) is 44.6 Å². The average Bonchev–Trinajstić information content (AvgIpc) is 3.22. The number of carbonyl (C=O) groups is 2. The van der Waals surface area contributed by atoms with Crippen molar-refractivity contribution in [3.8, 4) is 0 Å². The van der Waals surface area contributed by atoms with Gasteiger partial charge in [-0.05, 0) is 12.1 Å². The summed E-state index contributed by atoms with van der Waals surface area (Å²) in [6.45, 7) is 6.40. The number of nitrogens with one attached hydrogen (secondary N) is 1. The molecule has 0 spiro atoms. The third kappa shape index (κ3) is 3.85. The highest BCUT2D eigenvalue weighted by Gasteiger charge is 2.51. The Morgan fingerprint density at radius 2 is 2.04 bits per heavy atom. The topological polar surface area (TPSA) is 109 Å². The molecule has 1 saturated heterocycles. The van der Waals surface area contributed by atoms with Crippen molar-refractivity contribution in [1.82, 2.24) is 15.5 Å². The molecule has 1 aliphatic heterocycles. The third-order valence-corrected chi connectivity index (χ3v) is 4.50. The van der Waals surface area contributed by atoms with Gasteiger partial charge in [-0.25, -0.2) is 0 Å². The highest BCUT2D eigenvalue weighted by Crippen LogP contribution is 2.28. The SMILES string of the molecule is CC(C)(C)c1noc(CCNC(=O)[C@@]2(O)CCN(c3ccccc3)C2=O)n1. The van der Waals surface area contributed by atoms with Crippen LogP contribution in [0.2, 0.25) is 0 Å². The van der Waals surface area contributed by atoms with Crippen LogP contribution in [-0.2, 0) is 21.4 Å². The molecule has 0 bridgehead atoms. The molecule has 1 aromatic carbocycles. The Labute approximate surface area is 157 Å². The first-order valence-corrected chi connectivity index (χ1v) is 8.92. The largest absolute Gasteiger partial charge is 0.372 e. The van der Waals surface area contributed by atoms with E-state index < -0.39 is 17.4 Å². The highest BCUT2D eigenvalue weighted by atomic mass is 16.5. The molecule has 144 valence electrons. The lowest BCUT2D eigenvalue weighted by Crippen LogP contribution is -2.52. The van der Waals surface area contributed by atoms with Crippen LogP contribution >= 0.6 is 0 Å². The summed E-state index contributed by atoms with van der Waals surface area (Å²) in [4.78, 5) is 30.7. The zero-order valence-electron chi connectivity index (χ0n) is 15.7. The first kappa shape index (κ1) is 19.0. The Kier molecular flexibility index (Phi) is 5.01. The lowest BCUT2D eigenvalue weighted by molar-refractivity contribution is -0.149. The Balaban J connectivity index is 1.58. The van der Waals surface area contributed by atoms with Gasteiger partial charge in [-0.15, -0.1) is 0 Å². The van der Waals surface area contributed by atoms with Crippen molar-refractivity contribution >= 4 is 17.5 Å². The summed E-state index contributed by atoms with van der Waals surface area (Å²) in [5.41, 5.74) is -1.62. The molecule has 8 nitrogen and oxygen atoms in total. The van der Waals surface area contributed by atoms with Gasteiger partial charge in [-0.1, -0.05) is 44.1 Å². The number of nitrogens with zero attached hydrogens (tertiary/aromatic N) is 3. The van der Waals surface area contributed by atoms with Gasteiger partial charge in [0.05, 0.1) is 0 Å². The molecular weight excluding hydrogens is 348 g/mol. The van der Waals surface area contributed by atoms with Gasteiger partial charge in [-0.2, -0.15) is 4.98 Å². The second kappa shape index (κ2) is 7.11. The van der Waals surface area contributed by atoms with E-state index in [0.29, 0.717) is 23.8 Å². The number of benzene rings is 1. The molecule has 1 aliphatic rings. The van der Waals surface area contributed by atoms with E-state index in [1.165, 1.54) is 4.90 Å². The quantitative estimate of drug-likeness (QED) is 0.764. The third-order valence-electron chi connectivity index (χ3n) is 4.50. The molecule has 3 rings (SSSR count). The average molecular weight is 372 g/mol. The highest BCUT2D eigenvalue weighted by molar-refractivity contribution is 6.16. The molecule has 0 aliphatic carbocycles. The maximum absolute atomic E-state index is 12.6. The van der Waals surface area contributed by atoms with Gasteiger partial charge >= 0.3 is 0 Å². The Bertz CT molecular complexity index is 828. The lowest BCUT2D eigenvalue weighted by Gasteiger charge is -2.21. The van der Waals surface area contributed by atoms with Crippen LogP contribution < -0.4 is 10.2 Å². The molecule has 2 aromatic rings. The minimum absolute atomic E-state index is 0.0429. The van der Waals surface area contributed by atoms with E-state index >= 15 is 0 Å². The van der Waals surface area contributed by atoms with Crippen LogP contribution in [0, 0.1) is 0 Å². The van der Waals surface area contributed by atoms with Crippen LogP contribution in [-0.4, -0.2) is 45.8 Å². The van der Waals surface area contributed by atoms with Crippen molar-refractivity contribution < 1.29 is 19.2 Å². The van der Waals surface area contributed by atoms with E-state index in [2.05, 4.69) is 15.5 Å². The van der Waals surface area contributed by atoms with Gasteiger partial charge in [0, 0.05) is 37.0 Å². The Morgan fingerprint density at radius 3 is 2.67 bits per heavy atom. The Morgan fingerprint density at radius 1 is 1.33 bits per heavy atom. The van der Waals surface area contributed by atoms with Crippen LogP contribution in [0.3, 0.4) is 0 Å². The van der Waals surface area contributed by atoms with Gasteiger partial charge < -0.3 is 19.8 Å². The number of rotatable bonds is 5. The van der Waals surface area contributed by atoms with Crippen molar-refractivity contribution in [3.05, 3.63) is 42.0 Å². The summed E-state index contributed by atoms with van der Waals surface area (Å²) < 4.78 is 5.17. The van der Waals surface area contributed by atoms with Crippen molar-refractivity contribution in [2.75, 3.05) is 18.0 Å². The van der Waals surface area contributed by atoms with Gasteiger partial charge in [0.15, 0.2) is 5.82 Å². The second-order valence-corrected chi connectivity index (χ2v) is 7.67. The number of aromatic nitrogens is 2. The summed E-state index contributed by atoms with van der Waals surface area (Å²) in [6.07, 6.45) is 0.364. The minimum atomic E-state index is -2.05. The Hall–Kier alpha value is -2.74. The molecule has 27 heavy (non-hydrogen) atoms. The minimum Gasteiger partial charge on any atom is -0.372 e. The predicted molar refractivity (Wildman–Crippen MR) is 98.1 cm³/mol. The molecule has 0 radical (unpaired) electrons. The van der Waals surface area contributed by atoms with Crippen LogP contribution in [0.15, 0.2) is 34.9 Å². The van der Waals surface area contributed by atoms with E-state index in [1.54, 1.807) is 24.3 Å². The van der Waals surface area contributed by atoms with Gasteiger partial charge in [-0.3, -0.25) is 9.59 Å². The number of hydrogen-bond donors (Lipinski definition) is 2. The zero-order chi connectivity index (χ0) is 19.7. The summed E-state index contributed by atoms with van der Waals surface area (Å²) in [7, 11) is 0. The number of para-hydroxylation sites is 1. The molecule has 2 heterocycles. The number of carbonyl (C=O) groups excluding carboxylic acids is 2. The van der Waals surface area contributed by atoms with Gasteiger partial charge in [0.25, 0.3) is 11.8 Å². The summed E-state index contributed by atoms with van der Waals surface area (Å²) in [5.74, 6) is -0.330. The van der Waals surface area contributed by atoms with Crippen molar-refractivity contribution in [1.29, 1.82) is 0 Å². The van der Waals surface area contributed by atoms with Crippen LogP contribution in [0.25, 0.3) is 0 Å². The number of anilines is 1. The molecule has 8 heteroatoms. The maximum atomic E-state index is 12.6. The fourth-order valence-electron chi connectivity index (χ4n) is 2.86. The summed E-state index contributed by atoms with van der Waals surface area (Å²) in [6, 6.07) is 8.98. The monoisotopic (exact) mass is 372 g/mol.